The topological polar surface area (TPSA) is 37.4 Å². The van der Waals surface area contributed by atoms with E-state index < -0.39 is 0 Å². The van der Waals surface area contributed by atoms with Crippen molar-refractivity contribution in [3.63, 3.8) is 0 Å². The molecule has 1 saturated heterocycles. The largest absolute Gasteiger partial charge is 0.340 e. The van der Waals surface area contributed by atoms with Gasteiger partial charge in [0, 0.05) is 25.4 Å². The van der Waals surface area contributed by atoms with E-state index in [0.717, 1.165) is 19.4 Å². The highest BCUT2D eigenvalue weighted by Crippen LogP contribution is 2.16. The number of rotatable bonds is 4. The Morgan fingerprint density at radius 2 is 2.31 bits per heavy atom. The highest BCUT2D eigenvalue weighted by atomic mass is 16.2. The average Bonchev–Trinajstić information content (AvgIpc) is 2.47. The SMILES string of the molecule is CC(=O)CCC(C)N1CCCC1=O. The molecule has 0 spiro atoms. The third-order valence-corrected chi connectivity index (χ3v) is 2.56. The van der Waals surface area contributed by atoms with E-state index in [2.05, 4.69) is 0 Å². The van der Waals surface area contributed by atoms with E-state index in [-0.39, 0.29) is 17.7 Å². The Morgan fingerprint density at radius 1 is 1.62 bits per heavy atom. The molecule has 0 saturated carbocycles. The molecule has 0 aromatic carbocycles. The minimum atomic E-state index is 0.207. The Morgan fingerprint density at radius 3 is 2.77 bits per heavy atom. The smallest absolute Gasteiger partial charge is 0.222 e. The van der Waals surface area contributed by atoms with E-state index in [9.17, 15) is 9.59 Å². The fourth-order valence-electron chi connectivity index (χ4n) is 1.70. The van der Waals surface area contributed by atoms with Crippen molar-refractivity contribution in [3.8, 4) is 0 Å². The molecule has 0 aromatic heterocycles. The van der Waals surface area contributed by atoms with E-state index >= 15 is 0 Å². The van der Waals surface area contributed by atoms with Gasteiger partial charge in [-0.3, -0.25) is 4.79 Å². The standard InChI is InChI=1S/C10H17NO2/c1-8(5-6-9(2)12)11-7-3-4-10(11)13/h8H,3-7H2,1-2H3. The Bertz CT molecular complexity index is 213. The van der Waals surface area contributed by atoms with Crippen LogP contribution in [0.25, 0.3) is 0 Å². The number of nitrogens with zero attached hydrogens (tertiary/aromatic N) is 1. The maximum absolute atomic E-state index is 11.3. The van der Waals surface area contributed by atoms with E-state index in [0.29, 0.717) is 12.8 Å². The summed E-state index contributed by atoms with van der Waals surface area (Å²) in [4.78, 5) is 23.9. The van der Waals surface area contributed by atoms with Crippen molar-refractivity contribution >= 4 is 11.7 Å². The van der Waals surface area contributed by atoms with Gasteiger partial charge in [0.15, 0.2) is 0 Å². The molecule has 1 atom stereocenters. The van der Waals surface area contributed by atoms with E-state index in [1.165, 1.54) is 0 Å². The quantitative estimate of drug-likeness (QED) is 0.660. The molecule has 0 radical (unpaired) electrons. The molecule has 3 heteroatoms. The molecular formula is C10H17NO2. The van der Waals surface area contributed by atoms with Crippen LogP contribution in [-0.2, 0) is 9.59 Å². The second-order valence-corrected chi connectivity index (χ2v) is 3.78. The van der Waals surface area contributed by atoms with Gasteiger partial charge in [-0.2, -0.15) is 0 Å². The van der Waals surface area contributed by atoms with Gasteiger partial charge in [-0.05, 0) is 26.7 Å². The minimum absolute atomic E-state index is 0.207. The minimum Gasteiger partial charge on any atom is -0.340 e. The van der Waals surface area contributed by atoms with Crippen LogP contribution in [0.3, 0.4) is 0 Å². The summed E-state index contributed by atoms with van der Waals surface area (Å²) >= 11 is 0. The molecule has 1 fully saturated rings. The number of hydrogen-bond acceptors (Lipinski definition) is 2. The third-order valence-electron chi connectivity index (χ3n) is 2.56. The number of Topliss-reactive ketones (excluding diaryl/α,β-unsaturated/α-hetero) is 1. The van der Waals surface area contributed by atoms with Crippen LogP contribution in [0.15, 0.2) is 0 Å². The van der Waals surface area contributed by atoms with Crippen molar-refractivity contribution < 1.29 is 9.59 Å². The predicted octanol–water partition coefficient (Wildman–Crippen LogP) is 1.37. The van der Waals surface area contributed by atoms with Gasteiger partial charge in [-0.25, -0.2) is 0 Å². The fraction of sp³-hybridized carbons (Fsp3) is 0.800. The molecule has 0 aliphatic carbocycles. The van der Waals surface area contributed by atoms with Crippen molar-refractivity contribution in [2.75, 3.05) is 6.54 Å². The van der Waals surface area contributed by atoms with Crippen LogP contribution < -0.4 is 0 Å². The zero-order valence-corrected chi connectivity index (χ0v) is 8.38. The average molecular weight is 183 g/mol. The molecule has 1 amide bonds. The van der Waals surface area contributed by atoms with Crippen molar-refractivity contribution in [3.05, 3.63) is 0 Å². The highest BCUT2D eigenvalue weighted by Gasteiger charge is 2.24. The maximum atomic E-state index is 11.3. The second kappa shape index (κ2) is 4.40. The Hall–Kier alpha value is -0.860. The molecule has 1 aliphatic rings. The van der Waals surface area contributed by atoms with Crippen LogP contribution >= 0.6 is 0 Å². The zero-order valence-electron chi connectivity index (χ0n) is 8.38. The van der Waals surface area contributed by atoms with Gasteiger partial charge in [-0.15, -0.1) is 0 Å². The van der Waals surface area contributed by atoms with Crippen LogP contribution in [0.1, 0.15) is 39.5 Å². The Labute approximate surface area is 79.1 Å². The van der Waals surface area contributed by atoms with Crippen LogP contribution in [-0.4, -0.2) is 29.2 Å². The van der Waals surface area contributed by atoms with Gasteiger partial charge < -0.3 is 9.69 Å². The van der Waals surface area contributed by atoms with Crippen LogP contribution in [0.5, 0.6) is 0 Å². The molecular weight excluding hydrogens is 166 g/mol. The van der Waals surface area contributed by atoms with Gasteiger partial charge in [0.2, 0.25) is 5.91 Å². The summed E-state index contributed by atoms with van der Waals surface area (Å²) in [6, 6.07) is 0.235. The zero-order chi connectivity index (χ0) is 9.84. The molecule has 0 N–H and O–H groups in total. The lowest BCUT2D eigenvalue weighted by Crippen LogP contribution is -2.34. The van der Waals surface area contributed by atoms with Crippen molar-refractivity contribution in [2.24, 2.45) is 0 Å². The van der Waals surface area contributed by atoms with E-state index in [4.69, 9.17) is 0 Å². The first-order valence-corrected chi connectivity index (χ1v) is 4.90. The molecule has 74 valence electrons. The van der Waals surface area contributed by atoms with Gasteiger partial charge >= 0.3 is 0 Å². The summed E-state index contributed by atoms with van der Waals surface area (Å²) in [6.07, 6.45) is 3.06. The lowest BCUT2D eigenvalue weighted by atomic mass is 10.1. The summed E-state index contributed by atoms with van der Waals surface area (Å²) in [5, 5.41) is 0. The molecule has 13 heavy (non-hydrogen) atoms. The number of carbonyl (C=O) groups is 2. The molecule has 1 aliphatic heterocycles. The van der Waals surface area contributed by atoms with Gasteiger partial charge in [0.1, 0.15) is 5.78 Å². The van der Waals surface area contributed by atoms with Crippen molar-refractivity contribution in [2.45, 2.75) is 45.6 Å². The van der Waals surface area contributed by atoms with Gasteiger partial charge in [0.05, 0.1) is 0 Å². The lowest BCUT2D eigenvalue weighted by Gasteiger charge is -2.23. The number of ketones is 1. The second-order valence-electron chi connectivity index (χ2n) is 3.78. The van der Waals surface area contributed by atoms with E-state index in [1.807, 2.05) is 11.8 Å². The summed E-state index contributed by atoms with van der Waals surface area (Å²) in [7, 11) is 0. The molecule has 0 aromatic rings. The number of carbonyl (C=O) groups excluding carboxylic acids is 2. The first kappa shape index (κ1) is 10.2. The third kappa shape index (κ3) is 2.83. The first-order valence-electron chi connectivity index (χ1n) is 4.90. The summed E-state index contributed by atoms with van der Waals surface area (Å²) in [5.41, 5.74) is 0. The van der Waals surface area contributed by atoms with E-state index in [1.54, 1.807) is 6.92 Å². The summed E-state index contributed by atoms with van der Waals surface area (Å²) in [5.74, 6) is 0.453. The van der Waals surface area contributed by atoms with Crippen LogP contribution in [0.2, 0.25) is 0 Å². The fourth-order valence-corrected chi connectivity index (χ4v) is 1.70. The summed E-state index contributed by atoms with van der Waals surface area (Å²) < 4.78 is 0. The molecule has 0 bridgehead atoms. The number of amides is 1. The Kier molecular flexibility index (Phi) is 3.46. The number of likely N-dealkylation sites (tertiary alicyclic amines) is 1. The monoisotopic (exact) mass is 183 g/mol. The van der Waals surface area contributed by atoms with Crippen molar-refractivity contribution in [1.29, 1.82) is 0 Å². The van der Waals surface area contributed by atoms with Gasteiger partial charge in [-0.1, -0.05) is 0 Å². The maximum Gasteiger partial charge on any atom is 0.222 e. The molecule has 1 rings (SSSR count). The predicted molar refractivity (Wildman–Crippen MR) is 50.3 cm³/mol. The lowest BCUT2D eigenvalue weighted by molar-refractivity contribution is -0.130. The van der Waals surface area contributed by atoms with Gasteiger partial charge in [0.25, 0.3) is 0 Å². The molecule has 1 unspecified atom stereocenters. The summed E-state index contributed by atoms with van der Waals surface area (Å²) in [6.45, 7) is 4.49. The first-order chi connectivity index (χ1) is 6.11. The molecule has 3 nitrogen and oxygen atoms in total. The molecule has 1 heterocycles. The highest BCUT2D eigenvalue weighted by molar-refractivity contribution is 5.78. The van der Waals surface area contributed by atoms with Crippen LogP contribution in [0, 0.1) is 0 Å². The van der Waals surface area contributed by atoms with Crippen molar-refractivity contribution in [1.82, 2.24) is 4.90 Å². The number of hydrogen-bond donors (Lipinski definition) is 0. The van der Waals surface area contributed by atoms with Crippen LogP contribution in [0.4, 0.5) is 0 Å². The Balaban J connectivity index is 2.34. The normalized spacial score (nSPS) is 19.2.